The number of thiophene rings is 1. The maximum absolute atomic E-state index is 13.1. The van der Waals surface area contributed by atoms with Gasteiger partial charge in [0.25, 0.3) is 0 Å². The molecule has 0 saturated heterocycles. The van der Waals surface area contributed by atoms with Crippen LogP contribution in [-0.2, 0) is 15.9 Å². The third kappa shape index (κ3) is 8.13. The van der Waals surface area contributed by atoms with E-state index >= 15 is 0 Å². The molecule has 0 bridgehead atoms. The van der Waals surface area contributed by atoms with Gasteiger partial charge in [-0.2, -0.15) is 0 Å². The molecule has 2 aromatic carbocycles. The highest BCUT2D eigenvalue weighted by Crippen LogP contribution is 2.36. The molecule has 208 valence electrons. The number of Topliss-reactive ketones (excluding diaryl/α,β-unsaturated/α-hetero) is 2. The minimum atomic E-state index is -0.611. The lowest BCUT2D eigenvalue weighted by atomic mass is 9.96. The van der Waals surface area contributed by atoms with E-state index in [0.29, 0.717) is 40.4 Å². The molecule has 0 radical (unpaired) electrons. The number of fused-ring (bicyclic) bond motifs is 1. The van der Waals surface area contributed by atoms with Crippen LogP contribution in [0.15, 0.2) is 42.5 Å². The lowest BCUT2D eigenvalue weighted by Gasteiger charge is -2.24. The van der Waals surface area contributed by atoms with Gasteiger partial charge in [-0.25, -0.2) is 9.59 Å². The first-order valence-electron chi connectivity index (χ1n) is 12.8. The molecule has 1 aromatic heterocycles. The smallest absolute Gasteiger partial charge is 0.410 e. The maximum Gasteiger partial charge on any atom is 0.410 e. The Bertz CT molecular complexity index is 1370. The summed E-state index contributed by atoms with van der Waals surface area (Å²) in [5.74, 6) is -0.923. The van der Waals surface area contributed by atoms with E-state index in [0.717, 1.165) is 22.9 Å². The molecule has 7 nitrogen and oxygen atoms in total. The number of ketones is 2. The summed E-state index contributed by atoms with van der Waals surface area (Å²) in [6.45, 7) is 5.99. The fraction of sp³-hybridized carbons (Fsp3) is 0.400. The molecule has 1 amide bonds. The predicted octanol–water partition coefficient (Wildman–Crippen LogP) is 7.38. The molecule has 0 fully saturated rings. The Labute approximate surface area is 238 Å². The molecule has 39 heavy (non-hydrogen) atoms. The first kappa shape index (κ1) is 30.3. The summed E-state index contributed by atoms with van der Waals surface area (Å²) in [5.41, 5.74) is 0.502. The molecule has 0 N–H and O–H groups in total. The van der Waals surface area contributed by atoms with Crippen LogP contribution in [0.1, 0.15) is 82.4 Å². The Morgan fingerprint density at radius 1 is 0.974 bits per heavy atom. The van der Waals surface area contributed by atoms with E-state index in [4.69, 9.17) is 21.1 Å². The van der Waals surface area contributed by atoms with Crippen LogP contribution in [0, 0.1) is 0 Å². The Morgan fingerprint density at radius 3 is 2.36 bits per heavy atom. The molecule has 0 aliphatic heterocycles. The summed E-state index contributed by atoms with van der Waals surface area (Å²) in [7, 11) is 2.95. The Kier molecular flexibility index (Phi) is 10.3. The van der Waals surface area contributed by atoms with Crippen molar-refractivity contribution in [1.82, 2.24) is 4.90 Å². The number of rotatable bonds is 11. The quantitative estimate of drug-likeness (QED) is 0.135. The highest BCUT2D eigenvalue weighted by atomic mass is 35.5. The Balaban J connectivity index is 1.61. The highest BCUT2D eigenvalue weighted by Gasteiger charge is 2.22. The number of nitrogens with zero attached hydrogens (tertiary/aromatic N) is 1. The zero-order chi connectivity index (χ0) is 28.7. The van der Waals surface area contributed by atoms with Gasteiger partial charge >= 0.3 is 12.1 Å². The van der Waals surface area contributed by atoms with E-state index in [2.05, 4.69) is 0 Å². The molecule has 0 atom stereocenters. The molecule has 3 aromatic rings. The van der Waals surface area contributed by atoms with Gasteiger partial charge in [0.2, 0.25) is 0 Å². The molecule has 9 heteroatoms. The van der Waals surface area contributed by atoms with Gasteiger partial charge in [-0.1, -0.05) is 48.4 Å². The van der Waals surface area contributed by atoms with Crippen molar-refractivity contribution in [2.24, 2.45) is 0 Å². The summed E-state index contributed by atoms with van der Waals surface area (Å²) in [4.78, 5) is 52.5. The number of hydrogen-bond donors (Lipinski definition) is 0. The second-order valence-corrected chi connectivity index (χ2v) is 11.8. The van der Waals surface area contributed by atoms with E-state index in [-0.39, 0.29) is 29.6 Å². The van der Waals surface area contributed by atoms with Crippen LogP contribution in [0.3, 0.4) is 0 Å². The van der Waals surface area contributed by atoms with Gasteiger partial charge in [0.15, 0.2) is 11.6 Å². The summed E-state index contributed by atoms with van der Waals surface area (Å²) < 4.78 is 11.2. The molecule has 1 heterocycles. The number of benzene rings is 2. The van der Waals surface area contributed by atoms with E-state index in [1.807, 2.05) is 45.0 Å². The van der Waals surface area contributed by atoms with E-state index in [1.165, 1.54) is 29.4 Å². The minimum absolute atomic E-state index is 0.0450. The van der Waals surface area contributed by atoms with Crippen LogP contribution in [-0.4, -0.2) is 54.8 Å². The number of methoxy groups -OCH3 is 1. The van der Waals surface area contributed by atoms with Gasteiger partial charge in [-0.3, -0.25) is 9.59 Å². The Morgan fingerprint density at radius 2 is 1.69 bits per heavy atom. The van der Waals surface area contributed by atoms with Gasteiger partial charge < -0.3 is 14.4 Å². The monoisotopic (exact) mass is 571 g/mol. The van der Waals surface area contributed by atoms with Crippen LogP contribution >= 0.6 is 22.9 Å². The average molecular weight is 572 g/mol. The van der Waals surface area contributed by atoms with Gasteiger partial charge in [0.1, 0.15) is 5.60 Å². The number of carbonyl (C=O) groups is 4. The van der Waals surface area contributed by atoms with Crippen LogP contribution in [0.25, 0.3) is 10.1 Å². The summed E-state index contributed by atoms with van der Waals surface area (Å²) in [6.07, 6.45) is 2.01. The number of hydrogen-bond acceptors (Lipinski definition) is 7. The van der Waals surface area contributed by atoms with Gasteiger partial charge in [0, 0.05) is 42.1 Å². The van der Waals surface area contributed by atoms with Crippen molar-refractivity contribution in [2.45, 2.75) is 58.5 Å². The predicted molar refractivity (Wildman–Crippen MR) is 154 cm³/mol. The molecule has 0 spiro atoms. The first-order chi connectivity index (χ1) is 18.4. The fourth-order valence-corrected chi connectivity index (χ4v) is 5.51. The molecule has 3 rings (SSSR count). The largest absolute Gasteiger partial charge is 0.465 e. The van der Waals surface area contributed by atoms with Gasteiger partial charge in [0.05, 0.1) is 22.6 Å². The molecule has 0 aliphatic carbocycles. The molecular weight excluding hydrogens is 538 g/mol. The maximum atomic E-state index is 13.1. The first-order valence-corrected chi connectivity index (χ1v) is 14.0. The fourth-order valence-electron chi connectivity index (χ4n) is 4.04. The van der Waals surface area contributed by atoms with Crippen LogP contribution in [0.5, 0.6) is 0 Å². The van der Waals surface area contributed by atoms with E-state index < -0.39 is 11.6 Å². The summed E-state index contributed by atoms with van der Waals surface area (Å²) in [5, 5.41) is 1.22. The van der Waals surface area contributed by atoms with Crippen LogP contribution < -0.4 is 0 Å². The topological polar surface area (TPSA) is 90.0 Å². The third-order valence-electron chi connectivity index (χ3n) is 6.08. The lowest BCUT2D eigenvalue weighted by molar-refractivity contribution is 0.0295. The average Bonchev–Trinajstić information content (AvgIpc) is 3.23. The van der Waals surface area contributed by atoms with Crippen molar-refractivity contribution in [3.8, 4) is 0 Å². The number of carbonyl (C=O) groups excluding carboxylic acids is 4. The molecule has 0 saturated carbocycles. The van der Waals surface area contributed by atoms with Crippen molar-refractivity contribution in [3.63, 3.8) is 0 Å². The number of unbranched alkanes of at least 4 members (excludes halogenated alkanes) is 2. The SMILES string of the molecule is COC(=O)c1cc(C(=O)CCCCCN(C)C(=O)OC(C)(C)C)ccc1CC(=O)c1sc2ccccc2c1Cl. The third-order valence-corrected chi connectivity index (χ3v) is 7.80. The van der Waals surface area contributed by atoms with Crippen LogP contribution in [0.2, 0.25) is 5.02 Å². The number of ether oxygens (including phenoxy) is 2. The number of amides is 1. The summed E-state index contributed by atoms with van der Waals surface area (Å²) >= 11 is 7.79. The van der Waals surface area contributed by atoms with E-state index in [1.54, 1.807) is 19.2 Å². The second-order valence-electron chi connectivity index (χ2n) is 10.3. The number of esters is 1. The summed E-state index contributed by atoms with van der Waals surface area (Å²) in [6, 6.07) is 12.3. The van der Waals surface area contributed by atoms with Crippen LogP contribution in [0.4, 0.5) is 4.79 Å². The van der Waals surface area contributed by atoms with Crippen molar-refractivity contribution in [3.05, 3.63) is 69.1 Å². The lowest BCUT2D eigenvalue weighted by Crippen LogP contribution is -2.34. The zero-order valence-corrected chi connectivity index (χ0v) is 24.5. The normalized spacial score (nSPS) is 11.3. The molecule has 0 unspecified atom stereocenters. The number of halogens is 1. The van der Waals surface area contributed by atoms with Gasteiger partial charge in [-0.15, -0.1) is 11.3 Å². The van der Waals surface area contributed by atoms with Crippen molar-refractivity contribution >= 4 is 56.7 Å². The zero-order valence-electron chi connectivity index (χ0n) is 23.0. The molecule has 0 aliphatic rings. The van der Waals surface area contributed by atoms with Crippen molar-refractivity contribution in [2.75, 3.05) is 20.7 Å². The minimum Gasteiger partial charge on any atom is -0.465 e. The second kappa shape index (κ2) is 13.2. The standard InChI is InChI=1S/C30H34ClNO6S/c1-30(2,3)38-29(36)32(4)16-10-6-7-12-23(33)20-15-14-19(22(17-20)28(35)37-5)18-24(34)27-26(31)21-11-8-9-13-25(21)39-27/h8-9,11,13-15,17H,6-7,10,12,16,18H2,1-5H3. The van der Waals surface area contributed by atoms with Gasteiger partial charge in [-0.05, 0) is 51.3 Å². The Hall–Kier alpha value is -3.23. The van der Waals surface area contributed by atoms with Crippen molar-refractivity contribution in [1.29, 1.82) is 0 Å². The highest BCUT2D eigenvalue weighted by molar-refractivity contribution is 7.21. The van der Waals surface area contributed by atoms with Crippen molar-refractivity contribution < 1.29 is 28.7 Å². The van der Waals surface area contributed by atoms with E-state index in [9.17, 15) is 19.2 Å². The molecular formula is C30H34ClNO6S.